The molecule has 0 bridgehead atoms. The van der Waals surface area contributed by atoms with E-state index >= 15 is 0 Å². The second-order valence-electron chi connectivity index (χ2n) is 6.62. The van der Waals surface area contributed by atoms with E-state index in [1.54, 1.807) is 12.1 Å². The van der Waals surface area contributed by atoms with Crippen LogP contribution in [0.15, 0.2) is 28.7 Å². The van der Waals surface area contributed by atoms with Gasteiger partial charge in [0, 0.05) is 19.5 Å². The third kappa shape index (κ3) is 4.65. The van der Waals surface area contributed by atoms with Gasteiger partial charge in [-0.3, -0.25) is 4.79 Å². The van der Waals surface area contributed by atoms with Crippen molar-refractivity contribution in [2.75, 3.05) is 13.1 Å². The van der Waals surface area contributed by atoms with Crippen LogP contribution in [-0.2, 0) is 11.2 Å². The number of aromatic nitrogens is 2. The minimum Gasteiger partial charge on any atom is -0.425 e. The monoisotopic (exact) mass is 345 g/mol. The van der Waals surface area contributed by atoms with E-state index < -0.39 is 0 Å². The molecule has 2 aromatic rings. The average molecular weight is 345 g/mol. The summed E-state index contributed by atoms with van der Waals surface area (Å²) in [6, 6.07) is 6.28. The molecule has 1 unspecified atom stereocenters. The molecule has 0 aliphatic carbocycles. The number of carbonyl (C=O) groups is 1. The topological polar surface area (TPSA) is 59.2 Å². The fourth-order valence-electron chi connectivity index (χ4n) is 3.17. The van der Waals surface area contributed by atoms with Gasteiger partial charge in [0.1, 0.15) is 5.82 Å². The average Bonchev–Trinajstić information content (AvgIpc) is 3.10. The van der Waals surface area contributed by atoms with Gasteiger partial charge in [-0.05, 0) is 37.0 Å². The molecule has 1 fully saturated rings. The van der Waals surface area contributed by atoms with Crippen LogP contribution in [0.25, 0.3) is 0 Å². The molecule has 1 aromatic heterocycles. The van der Waals surface area contributed by atoms with Crippen LogP contribution < -0.4 is 0 Å². The number of piperidine rings is 1. The van der Waals surface area contributed by atoms with E-state index in [9.17, 15) is 9.18 Å². The number of halogens is 1. The van der Waals surface area contributed by atoms with Crippen molar-refractivity contribution in [2.45, 2.75) is 51.4 Å². The SMILES string of the molecule is CCCCC(=O)N1CCCC(c2nnc(Cc3ccc(F)cc3)o2)C1. The van der Waals surface area contributed by atoms with Gasteiger partial charge in [0.25, 0.3) is 0 Å². The third-order valence-electron chi connectivity index (χ3n) is 4.62. The van der Waals surface area contributed by atoms with E-state index in [2.05, 4.69) is 17.1 Å². The maximum absolute atomic E-state index is 13.0. The summed E-state index contributed by atoms with van der Waals surface area (Å²) in [7, 11) is 0. The van der Waals surface area contributed by atoms with Crippen LogP contribution in [0.2, 0.25) is 0 Å². The fraction of sp³-hybridized carbons (Fsp3) is 0.526. The minimum absolute atomic E-state index is 0.105. The van der Waals surface area contributed by atoms with Gasteiger partial charge >= 0.3 is 0 Å². The summed E-state index contributed by atoms with van der Waals surface area (Å²) in [5, 5.41) is 8.30. The van der Waals surface area contributed by atoms with Gasteiger partial charge in [-0.1, -0.05) is 25.5 Å². The molecule has 1 amide bonds. The summed E-state index contributed by atoms with van der Waals surface area (Å²) in [5.41, 5.74) is 0.927. The van der Waals surface area contributed by atoms with Gasteiger partial charge in [-0.15, -0.1) is 10.2 Å². The Balaban J connectivity index is 1.61. The molecule has 25 heavy (non-hydrogen) atoms. The van der Waals surface area contributed by atoms with Crippen LogP contribution in [0.3, 0.4) is 0 Å². The summed E-state index contributed by atoms with van der Waals surface area (Å²) in [6.45, 7) is 3.56. The van der Waals surface area contributed by atoms with Gasteiger partial charge in [0.2, 0.25) is 17.7 Å². The third-order valence-corrected chi connectivity index (χ3v) is 4.62. The lowest BCUT2D eigenvalue weighted by atomic mass is 9.97. The summed E-state index contributed by atoms with van der Waals surface area (Å²) >= 11 is 0. The lowest BCUT2D eigenvalue weighted by Crippen LogP contribution is -2.39. The Morgan fingerprint density at radius 1 is 1.32 bits per heavy atom. The number of rotatable bonds is 6. The van der Waals surface area contributed by atoms with E-state index in [0.29, 0.717) is 31.2 Å². The van der Waals surface area contributed by atoms with Crippen LogP contribution in [0.1, 0.15) is 62.3 Å². The molecule has 1 aliphatic rings. The molecule has 1 aliphatic heterocycles. The maximum atomic E-state index is 13.0. The van der Waals surface area contributed by atoms with Gasteiger partial charge in [0.15, 0.2) is 0 Å². The largest absolute Gasteiger partial charge is 0.425 e. The Morgan fingerprint density at radius 3 is 2.88 bits per heavy atom. The first kappa shape index (κ1) is 17.6. The van der Waals surface area contributed by atoms with E-state index in [4.69, 9.17) is 4.42 Å². The van der Waals surface area contributed by atoms with Crippen LogP contribution in [0.4, 0.5) is 4.39 Å². The first-order valence-corrected chi connectivity index (χ1v) is 9.00. The summed E-state index contributed by atoms with van der Waals surface area (Å²) in [5.74, 6) is 1.19. The molecule has 1 atom stereocenters. The van der Waals surface area contributed by atoms with E-state index in [0.717, 1.165) is 37.8 Å². The molecule has 1 aromatic carbocycles. The number of likely N-dealkylation sites (tertiary alicyclic amines) is 1. The quantitative estimate of drug-likeness (QED) is 0.801. The molecular weight excluding hydrogens is 321 g/mol. The lowest BCUT2D eigenvalue weighted by Gasteiger charge is -2.31. The van der Waals surface area contributed by atoms with Gasteiger partial charge in [-0.2, -0.15) is 0 Å². The van der Waals surface area contributed by atoms with Gasteiger partial charge in [-0.25, -0.2) is 4.39 Å². The van der Waals surface area contributed by atoms with Crippen molar-refractivity contribution < 1.29 is 13.6 Å². The summed E-state index contributed by atoms with van der Waals surface area (Å²) in [6.07, 6.45) is 4.97. The molecular formula is C19H24FN3O2. The predicted molar refractivity (Wildman–Crippen MR) is 91.6 cm³/mol. The highest BCUT2D eigenvalue weighted by atomic mass is 19.1. The maximum Gasteiger partial charge on any atom is 0.222 e. The van der Waals surface area contributed by atoms with Crippen molar-refractivity contribution in [1.82, 2.24) is 15.1 Å². The molecule has 5 nitrogen and oxygen atoms in total. The zero-order chi connectivity index (χ0) is 17.6. The molecule has 0 radical (unpaired) electrons. The molecule has 0 N–H and O–H groups in total. The molecule has 0 saturated carbocycles. The molecule has 2 heterocycles. The zero-order valence-corrected chi connectivity index (χ0v) is 14.6. The summed E-state index contributed by atoms with van der Waals surface area (Å²) < 4.78 is 18.8. The zero-order valence-electron chi connectivity index (χ0n) is 14.6. The predicted octanol–water partition coefficient (Wildman–Crippen LogP) is 3.70. The molecule has 134 valence electrons. The molecule has 0 spiro atoms. The minimum atomic E-state index is -0.259. The van der Waals surface area contributed by atoms with Crippen molar-refractivity contribution in [2.24, 2.45) is 0 Å². The Kier molecular flexibility index (Phi) is 5.79. The van der Waals surface area contributed by atoms with Crippen molar-refractivity contribution in [1.29, 1.82) is 0 Å². The van der Waals surface area contributed by atoms with E-state index in [-0.39, 0.29) is 17.6 Å². The van der Waals surface area contributed by atoms with E-state index in [1.807, 2.05) is 4.90 Å². The number of nitrogens with zero attached hydrogens (tertiary/aromatic N) is 3. The van der Waals surface area contributed by atoms with Crippen molar-refractivity contribution in [3.05, 3.63) is 47.4 Å². The van der Waals surface area contributed by atoms with Crippen LogP contribution in [0, 0.1) is 5.82 Å². The number of hydrogen-bond donors (Lipinski definition) is 0. The Labute approximate surface area is 147 Å². The standard InChI is InChI=1S/C19H24FN3O2/c1-2-3-6-18(24)23-11-4-5-15(13-23)19-22-21-17(25-19)12-14-7-9-16(20)10-8-14/h7-10,15H,2-6,11-13H2,1H3. The van der Waals surface area contributed by atoms with Gasteiger partial charge in [0.05, 0.1) is 12.3 Å². The normalized spacial score (nSPS) is 17.7. The second-order valence-corrected chi connectivity index (χ2v) is 6.62. The van der Waals surface area contributed by atoms with Crippen LogP contribution in [-0.4, -0.2) is 34.1 Å². The van der Waals surface area contributed by atoms with Crippen LogP contribution in [0.5, 0.6) is 0 Å². The fourth-order valence-corrected chi connectivity index (χ4v) is 3.17. The Bertz CT molecular complexity index is 699. The highest BCUT2D eigenvalue weighted by Gasteiger charge is 2.28. The number of hydrogen-bond acceptors (Lipinski definition) is 4. The van der Waals surface area contributed by atoms with E-state index in [1.165, 1.54) is 12.1 Å². The molecule has 1 saturated heterocycles. The highest BCUT2D eigenvalue weighted by molar-refractivity contribution is 5.76. The molecule has 3 rings (SSSR count). The first-order chi connectivity index (χ1) is 12.2. The Hall–Kier alpha value is -2.24. The van der Waals surface area contributed by atoms with Crippen molar-refractivity contribution >= 4 is 5.91 Å². The van der Waals surface area contributed by atoms with Crippen LogP contribution >= 0.6 is 0 Å². The summed E-state index contributed by atoms with van der Waals surface area (Å²) in [4.78, 5) is 14.2. The first-order valence-electron chi connectivity index (χ1n) is 9.00. The molecule has 6 heteroatoms. The van der Waals surface area contributed by atoms with Gasteiger partial charge < -0.3 is 9.32 Å². The second kappa shape index (κ2) is 8.23. The number of carbonyl (C=O) groups excluding carboxylic acids is 1. The highest BCUT2D eigenvalue weighted by Crippen LogP contribution is 2.27. The Morgan fingerprint density at radius 2 is 2.12 bits per heavy atom. The lowest BCUT2D eigenvalue weighted by molar-refractivity contribution is -0.132. The van der Waals surface area contributed by atoms with Crippen molar-refractivity contribution in [3.8, 4) is 0 Å². The number of amides is 1. The number of unbranched alkanes of at least 4 members (excludes halogenated alkanes) is 1. The smallest absolute Gasteiger partial charge is 0.222 e. The van der Waals surface area contributed by atoms with Crippen molar-refractivity contribution in [3.63, 3.8) is 0 Å². The number of benzene rings is 1.